The molecule has 1 amide bonds. The molecule has 2 aromatic heterocycles. The van der Waals surface area contributed by atoms with Gasteiger partial charge in [-0.1, -0.05) is 0 Å². The second-order valence-electron chi connectivity index (χ2n) is 5.04. The molecule has 1 aromatic carbocycles. The van der Waals surface area contributed by atoms with Crippen LogP contribution in [0.1, 0.15) is 15.2 Å². The first-order valence-electron chi connectivity index (χ1n) is 7.13. The minimum atomic E-state index is -0.113. The molecule has 116 valence electrons. The Balaban J connectivity index is 1.77. The molecule has 0 saturated heterocycles. The number of carbonyl (C=O) groups is 1. The molecule has 5 heteroatoms. The number of nitrogens with one attached hydrogen (secondary N) is 1. The maximum absolute atomic E-state index is 12.4. The van der Waals surface area contributed by atoms with Gasteiger partial charge in [0.05, 0.1) is 12.0 Å². The second kappa shape index (κ2) is 6.62. The van der Waals surface area contributed by atoms with E-state index in [1.54, 1.807) is 13.3 Å². The van der Waals surface area contributed by atoms with Gasteiger partial charge in [-0.25, -0.2) is 0 Å². The molecule has 0 atom stereocenters. The van der Waals surface area contributed by atoms with E-state index in [1.165, 1.54) is 11.3 Å². The highest BCUT2D eigenvalue weighted by Gasteiger charge is 2.11. The van der Waals surface area contributed by atoms with Crippen molar-refractivity contribution in [3.05, 3.63) is 65.3 Å². The van der Waals surface area contributed by atoms with Gasteiger partial charge >= 0.3 is 0 Å². The van der Waals surface area contributed by atoms with Gasteiger partial charge in [-0.2, -0.15) is 0 Å². The highest BCUT2D eigenvalue weighted by Crippen LogP contribution is 2.30. The molecule has 1 N–H and O–H groups in total. The van der Waals surface area contributed by atoms with Crippen LogP contribution in [0.25, 0.3) is 10.4 Å². The van der Waals surface area contributed by atoms with E-state index < -0.39 is 0 Å². The van der Waals surface area contributed by atoms with Crippen LogP contribution in [0.3, 0.4) is 0 Å². The number of hydrogen-bond acceptors (Lipinski definition) is 4. The summed E-state index contributed by atoms with van der Waals surface area (Å²) in [5.74, 6) is 0.646. The Morgan fingerprint density at radius 2 is 1.91 bits per heavy atom. The topological polar surface area (TPSA) is 51.2 Å². The lowest BCUT2D eigenvalue weighted by Crippen LogP contribution is -2.09. The van der Waals surface area contributed by atoms with Crippen molar-refractivity contribution in [1.29, 1.82) is 0 Å². The Bertz CT molecular complexity index is 825. The average Bonchev–Trinajstić information content (AvgIpc) is 3.06. The Labute approximate surface area is 138 Å². The number of thiophene rings is 1. The monoisotopic (exact) mass is 324 g/mol. The number of amides is 1. The van der Waals surface area contributed by atoms with E-state index in [0.717, 1.165) is 27.4 Å². The lowest BCUT2D eigenvalue weighted by atomic mass is 10.1. The van der Waals surface area contributed by atoms with Crippen LogP contribution in [0.4, 0.5) is 5.69 Å². The summed E-state index contributed by atoms with van der Waals surface area (Å²) >= 11 is 1.47. The van der Waals surface area contributed by atoms with Crippen molar-refractivity contribution < 1.29 is 9.53 Å². The third-order valence-electron chi connectivity index (χ3n) is 3.46. The molecular weight excluding hydrogens is 308 g/mol. The summed E-state index contributed by atoms with van der Waals surface area (Å²) in [6.07, 6.45) is 3.59. The van der Waals surface area contributed by atoms with E-state index in [2.05, 4.69) is 10.3 Å². The summed E-state index contributed by atoms with van der Waals surface area (Å²) in [6.45, 7) is 2.01. The predicted molar refractivity (Wildman–Crippen MR) is 93.2 cm³/mol. The van der Waals surface area contributed by atoms with Crippen molar-refractivity contribution in [3.8, 4) is 16.2 Å². The molecule has 3 aromatic rings. The summed E-state index contributed by atoms with van der Waals surface area (Å²) in [6, 6.07) is 13.0. The van der Waals surface area contributed by atoms with Crippen LogP contribution in [0.5, 0.6) is 5.75 Å². The van der Waals surface area contributed by atoms with Crippen LogP contribution in [-0.4, -0.2) is 18.0 Å². The Morgan fingerprint density at radius 3 is 2.61 bits per heavy atom. The molecule has 2 heterocycles. The number of pyridine rings is 1. The van der Waals surface area contributed by atoms with E-state index in [4.69, 9.17) is 4.74 Å². The predicted octanol–water partition coefficient (Wildman–Crippen LogP) is 4.38. The fraction of sp³-hybridized carbons (Fsp3) is 0.111. The molecule has 0 aliphatic rings. The molecule has 0 bridgehead atoms. The molecule has 0 radical (unpaired) electrons. The van der Waals surface area contributed by atoms with Crippen LogP contribution in [0.2, 0.25) is 0 Å². The van der Waals surface area contributed by atoms with Crippen LogP contribution in [0, 0.1) is 6.92 Å². The highest BCUT2D eigenvalue weighted by atomic mass is 32.1. The molecule has 4 nitrogen and oxygen atoms in total. The smallest absolute Gasteiger partial charge is 0.265 e. The fourth-order valence-electron chi connectivity index (χ4n) is 2.22. The van der Waals surface area contributed by atoms with Crippen molar-refractivity contribution in [3.63, 3.8) is 0 Å². The lowest BCUT2D eigenvalue weighted by molar-refractivity contribution is 0.103. The van der Waals surface area contributed by atoms with Gasteiger partial charge in [0, 0.05) is 23.0 Å². The minimum absolute atomic E-state index is 0.113. The maximum atomic E-state index is 12.4. The standard InChI is InChI=1S/C18H16N2O2S/c1-12-11-19-10-9-15(12)16-7-8-17(23-16)18(21)20-13-3-5-14(22-2)6-4-13/h3-11H,1-2H3,(H,20,21). The normalized spacial score (nSPS) is 10.3. The van der Waals surface area contributed by atoms with Crippen molar-refractivity contribution in [2.24, 2.45) is 0 Å². The van der Waals surface area contributed by atoms with E-state index >= 15 is 0 Å². The summed E-state index contributed by atoms with van der Waals surface area (Å²) in [5.41, 5.74) is 2.94. The number of hydrogen-bond donors (Lipinski definition) is 1. The minimum Gasteiger partial charge on any atom is -0.497 e. The highest BCUT2D eigenvalue weighted by molar-refractivity contribution is 7.17. The van der Waals surface area contributed by atoms with Gasteiger partial charge in [-0.15, -0.1) is 11.3 Å². The first kappa shape index (κ1) is 15.2. The molecule has 0 unspecified atom stereocenters. The van der Waals surface area contributed by atoms with E-state index in [1.807, 2.05) is 55.6 Å². The summed E-state index contributed by atoms with van der Waals surface area (Å²) in [5, 5.41) is 2.89. The number of carbonyl (C=O) groups excluding carboxylic acids is 1. The third kappa shape index (κ3) is 3.40. The van der Waals surface area contributed by atoms with Gasteiger partial charge < -0.3 is 10.1 Å². The number of benzene rings is 1. The van der Waals surface area contributed by atoms with Crippen LogP contribution in [0.15, 0.2) is 54.9 Å². The summed E-state index contributed by atoms with van der Waals surface area (Å²) in [7, 11) is 1.61. The van der Waals surface area contributed by atoms with Crippen LogP contribution in [-0.2, 0) is 0 Å². The Hall–Kier alpha value is -2.66. The average molecular weight is 324 g/mol. The zero-order chi connectivity index (χ0) is 16.2. The number of methoxy groups -OCH3 is 1. The SMILES string of the molecule is COc1ccc(NC(=O)c2ccc(-c3ccncc3C)s2)cc1. The second-order valence-corrected chi connectivity index (χ2v) is 6.12. The molecular formula is C18H16N2O2S. The molecule has 0 aliphatic heterocycles. The number of anilines is 1. The van der Waals surface area contributed by atoms with E-state index in [9.17, 15) is 4.79 Å². The van der Waals surface area contributed by atoms with Crippen LogP contribution < -0.4 is 10.1 Å². The maximum Gasteiger partial charge on any atom is 0.265 e. The van der Waals surface area contributed by atoms with Gasteiger partial charge in [0.15, 0.2) is 0 Å². The largest absolute Gasteiger partial charge is 0.497 e. The van der Waals surface area contributed by atoms with Crippen molar-refractivity contribution in [2.75, 3.05) is 12.4 Å². The molecule has 23 heavy (non-hydrogen) atoms. The number of aromatic nitrogens is 1. The van der Waals surface area contributed by atoms with Crippen LogP contribution >= 0.6 is 11.3 Å². The summed E-state index contributed by atoms with van der Waals surface area (Å²) < 4.78 is 5.11. The van der Waals surface area contributed by atoms with Gasteiger partial charge in [-0.05, 0) is 60.5 Å². The van der Waals surface area contributed by atoms with E-state index in [-0.39, 0.29) is 5.91 Å². The van der Waals surface area contributed by atoms with E-state index in [0.29, 0.717) is 4.88 Å². The van der Waals surface area contributed by atoms with Gasteiger partial charge in [0.25, 0.3) is 5.91 Å². The fourth-order valence-corrected chi connectivity index (χ4v) is 3.21. The molecule has 0 aliphatic carbocycles. The zero-order valence-electron chi connectivity index (χ0n) is 12.9. The van der Waals surface area contributed by atoms with Crippen molar-refractivity contribution in [1.82, 2.24) is 4.98 Å². The molecule has 3 rings (SSSR count). The third-order valence-corrected chi connectivity index (χ3v) is 4.58. The Kier molecular flexibility index (Phi) is 4.39. The quantitative estimate of drug-likeness (QED) is 0.775. The number of rotatable bonds is 4. The molecule has 0 saturated carbocycles. The van der Waals surface area contributed by atoms with Crippen molar-refractivity contribution in [2.45, 2.75) is 6.92 Å². The first-order chi connectivity index (χ1) is 11.2. The number of nitrogens with zero attached hydrogens (tertiary/aromatic N) is 1. The summed E-state index contributed by atoms with van der Waals surface area (Å²) in [4.78, 5) is 18.2. The van der Waals surface area contributed by atoms with Gasteiger partial charge in [0.1, 0.15) is 5.75 Å². The van der Waals surface area contributed by atoms with Gasteiger partial charge in [-0.3, -0.25) is 9.78 Å². The Morgan fingerprint density at radius 1 is 1.13 bits per heavy atom. The molecule has 0 spiro atoms. The van der Waals surface area contributed by atoms with Gasteiger partial charge in [0.2, 0.25) is 0 Å². The van der Waals surface area contributed by atoms with Crippen molar-refractivity contribution >= 4 is 22.9 Å². The lowest BCUT2D eigenvalue weighted by Gasteiger charge is -2.05. The molecule has 0 fully saturated rings. The first-order valence-corrected chi connectivity index (χ1v) is 7.95. The number of aryl methyl sites for hydroxylation is 1. The zero-order valence-corrected chi connectivity index (χ0v) is 13.7. The number of ether oxygens (including phenoxy) is 1.